The molecule has 0 aromatic rings. The number of carbonyl (C=O) groups is 4. The van der Waals surface area contributed by atoms with Crippen LogP contribution in [-0.4, -0.2) is 64.1 Å². The van der Waals surface area contributed by atoms with Crippen LogP contribution in [0.2, 0.25) is 0 Å². The highest BCUT2D eigenvalue weighted by atomic mass is 32.2. The summed E-state index contributed by atoms with van der Waals surface area (Å²) in [5.74, 6) is -2.39. The van der Waals surface area contributed by atoms with Gasteiger partial charge in [-0.05, 0) is 18.6 Å². The zero-order chi connectivity index (χ0) is 17.8. The second-order valence-corrected chi connectivity index (χ2v) is 5.94. The molecule has 0 rings (SSSR count). The molecule has 0 radical (unpaired) electrons. The van der Waals surface area contributed by atoms with E-state index in [0.29, 0.717) is 5.75 Å². The topological polar surface area (TPSA) is 159 Å². The molecule has 0 aromatic carbocycles. The summed E-state index contributed by atoms with van der Waals surface area (Å²) >= 11 is 1.45. The molecule has 0 unspecified atom stereocenters. The summed E-state index contributed by atoms with van der Waals surface area (Å²) in [6.45, 7) is 1.44. The monoisotopic (exact) mass is 349 g/mol. The summed E-state index contributed by atoms with van der Waals surface area (Å²) in [6.07, 6.45) is 0.719. The number of rotatable bonds is 12. The number of hydrogen-bond acceptors (Lipinski definition) is 6. The minimum absolute atomic E-state index is 0.0489. The summed E-state index contributed by atoms with van der Waals surface area (Å²) in [7, 11) is 0. The summed E-state index contributed by atoms with van der Waals surface area (Å²) < 4.78 is 0. The van der Waals surface area contributed by atoms with Crippen molar-refractivity contribution < 1.29 is 29.4 Å². The van der Waals surface area contributed by atoms with Crippen LogP contribution >= 0.6 is 11.8 Å². The SMILES string of the molecule is CCCSC[C@H](NC(=O)CC[C@H](N)C(=O)O)C(=O)NCC(=O)O. The second-order valence-electron chi connectivity index (χ2n) is 4.79. The molecule has 0 fully saturated rings. The highest BCUT2D eigenvalue weighted by Gasteiger charge is 2.22. The van der Waals surface area contributed by atoms with Crippen LogP contribution in [0, 0.1) is 0 Å². The molecule has 0 heterocycles. The van der Waals surface area contributed by atoms with Gasteiger partial charge in [-0.15, -0.1) is 0 Å². The molecule has 0 saturated heterocycles. The summed E-state index contributed by atoms with van der Waals surface area (Å²) in [5.41, 5.74) is 5.31. The van der Waals surface area contributed by atoms with Crippen molar-refractivity contribution in [3.05, 3.63) is 0 Å². The third-order valence-electron chi connectivity index (χ3n) is 2.70. The normalized spacial score (nSPS) is 13.0. The molecule has 6 N–H and O–H groups in total. The molecule has 2 atom stereocenters. The number of nitrogens with one attached hydrogen (secondary N) is 2. The number of hydrogen-bond donors (Lipinski definition) is 5. The minimum Gasteiger partial charge on any atom is -0.480 e. The number of carboxylic acids is 2. The quantitative estimate of drug-likeness (QED) is 0.281. The standard InChI is InChI=1S/C13H23N3O6S/c1-2-5-23-7-9(12(20)15-6-11(18)19)16-10(17)4-3-8(14)13(21)22/h8-9H,2-7,14H2,1H3,(H,15,20)(H,16,17)(H,18,19)(H,21,22)/t8-,9-/m0/s1. The molecular formula is C13H23N3O6S. The Morgan fingerprint density at radius 1 is 1.22 bits per heavy atom. The molecule has 132 valence electrons. The van der Waals surface area contributed by atoms with Crippen LogP contribution in [0.15, 0.2) is 0 Å². The lowest BCUT2D eigenvalue weighted by atomic mass is 10.1. The maximum atomic E-state index is 11.9. The lowest BCUT2D eigenvalue weighted by molar-refractivity contribution is -0.139. The summed E-state index contributed by atoms with van der Waals surface area (Å²) in [6, 6.07) is -2.02. The minimum atomic E-state index is -1.20. The largest absolute Gasteiger partial charge is 0.480 e. The van der Waals surface area contributed by atoms with Crippen LogP contribution in [-0.2, 0) is 19.2 Å². The van der Waals surface area contributed by atoms with Gasteiger partial charge in [-0.1, -0.05) is 6.92 Å². The smallest absolute Gasteiger partial charge is 0.322 e. The molecule has 0 aliphatic heterocycles. The average molecular weight is 349 g/mol. The Kier molecular flexibility index (Phi) is 10.8. The maximum Gasteiger partial charge on any atom is 0.322 e. The Labute approximate surface area is 138 Å². The van der Waals surface area contributed by atoms with Gasteiger partial charge >= 0.3 is 11.9 Å². The van der Waals surface area contributed by atoms with E-state index in [0.717, 1.165) is 12.2 Å². The Morgan fingerprint density at radius 3 is 2.39 bits per heavy atom. The third kappa shape index (κ3) is 10.5. The lowest BCUT2D eigenvalue weighted by Crippen LogP contribution is -2.49. The zero-order valence-corrected chi connectivity index (χ0v) is 13.7. The van der Waals surface area contributed by atoms with Crippen LogP contribution in [0.5, 0.6) is 0 Å². The fourth-order valence-corrected chi connectivity index (χ4v) is 2.42. The molecule has 0 bridgehead atoms. The molecule has 10 heteroatoms. The van der Waals surface area contributed by atoms with E-state index >= 15 is 0 Å². The third-order valence-corrected chi connectivity index (χ3v) is 3.96. The molecule has 9 nitrogen and oxygen atoms in total. The van der Waals surface area contributed by atoms with Crippen molar-refractivity contribution in [3.63, 3.8) is 0 Å². The fourth-order valence-electron chi connectivity index (χ4n) is 1.49. The molecule has 0 aromatic heterocycles. The van der Waals surface area contributed by atoms with Crippen molar-refractivity contribution in [2.45, 2.75) is 38.3 Å². The summed E-state index contributed by atoms with van der Waals surface area (Å²) in [4.78, 5) is 44.8. The molecular weight excluding hydrogens is 326 g/mol. The molecule has 23 heavy (non-hydrogen) atoms. The van der Waals surface area contributed by atoms with Gasteiger partial charge in [-0.3, -0.25) is 19.2 Å². The van der Waals surface area contributed by atoms with Gasteiger partial charge in [0.1, 0.15) is 18.6 Å². The van der Waals surface area contributed by atoms with Crippen molar-refractivity contribution in [1.29, 1.82) is 0 Å². The van der Waals surface area contributed by atoms with Crippen LogP contribution in [0.3, 0.4) is 0 Å². The molecule has 2 amide bonds. The first-order chi connectivity index (χ1) is 10.8. The molecule has 0 aliphatic rings. The van der Waals surface area contributed by atoms with E-state index < -0.39 is 42.4 Å². The van der Waals surface area contributed by atoms with Crippen LogP contribution in [0.4, 0.5) is 0 Å². The Morgan fingerprint density at radius 2 is 1.87 bits per heavy atom. The average Bonchev–Trinajstić information content (AvgIpc) is 2.49. The first-order valence-electron chi connectivity index (χ1n) is 7.12. The van der Waals surface area contributed by atoms with Gasteiger partial charge < -0.3 is 26.6 Å². The van der Waals surface area contributed by atoms with E-state index in [4.69, 9.17) is 15.9 Å². The summed E-state index contributed by atoms with van der Waals surface area (Å²) in [5, 5.41) is 21.9. The number of thioether (sulfide) groups is 1. The van der Waals surface area contributed by atoms with Crippen molar-refractivity contribution >= 4 is 35.5 Å². The fraction of sp³-hybridized carbons (Fsp3) is 0.692. The van der Waals surface area contributed by atoms with E-state index in [2.05, 4.69) is 10.6 Å². The molecule has 0 aliphatic carbocycles. The lowest BCUT2D eigenvalue weighted by Gasteiger charge is -2.18. The van der Waals surface area contributed by atoms with E-state index in [1.165, 1.54) is 11.8 Å². The van der Waals surface area contributed by atoms with Gasteiger partial charge in [-0.2, -0.15) is 11.8 Å². The van der Waals surface area contributed by atoms with Crippen molar-refractivity contribution in [2.75, 3.05) is 18.1 Å². The van der Waals surface area contributed by atoms with Crippen molar-refractivity contribution in [2.24, 2.45) is 5.73 Å². The predicted octanol–water partition coefficient (Wildman–Crippen LogP) is -0.993. The van der Waals surface area contributed by atoms with Crippen LogP contribution < -0.4 is 16.4 Å². The number of amides is 2. The highest BCUT2D eigenvalue weighted by Crippen LogP contribution is 2.06. The van der Waals surface area contributed by atoms with Crippen LogP contribution in [0.25, 0.3) is 0 Å². The van der Waals surface area contributed by atoms with E-state index in [9.17, 15) is 19.2 Å². The first kappa shape index (κ1) is 21.2. The van der Waals surface area contributed by atoms with Gasteiger partial charge in [0.15, 0.2) is 0 Å². The van der Waals surface area contributed by atoms with Crippen molar-refractivity contribution in [1.82, 2.24) is 10.6 Å². The van der Waals surface area contributed by atoms with Gasteiger partial charge in [-0.25, -0.2) is 0 Å². The number of carboxylic acid groups (broad SMARTS) is 2. The Bertz CT molecular complexity index is 432. The zero-order valence-electron chi connectivity index (χ0n) is 12.9. The van der Waals surface area contributed by atoms with Gasteiger partial charge in [0.25, 0.3) is 0 Å². The van der Waals surface area contributed by atoms with E-state index in [-0.39, 0.29) is 12.8 Å². The first-order valence-corrected chi connectivity index (χ1v) is 8.28. The Balaban J connectivity index is 4.48. The number of aliphatic carboxylic acids is 2. The van der Waals surface area contributed by atoms with E-state index in [1.54, 1.807) is 0 Å². The van der Waals surface area contributed by atoms with Crippen LogP contribution in [0.1, 0.15) is 26.2 Å². The number of carbonyl (C=O) groups excluding carboxylic acids is 2. The second kappa shape index (κ2) is 11.7. The molecule has 0 spiro atoms. The number of nitrogens with two attached hydrogens (primary N) is 1. The maximum absolute atomic E-state index is 11.9. The van der Waals surface area contributed by atoms with Gasteiger partial charge in [0, 0.05) is 12.2 Å². The van der Waals surface area contributed by atoms with E-state index in [1.807, 2.05) is 6.92 Å². The predicted molar refractivity (Wildman–Crippen MR) is 85.0 cm³/mol. The highest BCUT2D eigenvalue weighted by molar-refractivity contribution is 7.99. The van der Waals surface area contributed by atoms with Gasteiger partial charge in [0.05, 0.1) is 0 Å². The molecule has 0 saturated carbocycles. The van der Waals surface area contributed by atoms with Crippen molar-refractivity contribution in [3.8, 4) is 0 Å². The Hall–Kier alpha value is -1.81. The van der Waals surface area contributed by atoms with Gasteiger partial charge in [0.2, 0.25) is 11.8 Å².